The number of hydrogen-bond acceptors (Lipinski definition) is 4. The van der Waals surface area contributed by atoms with E-state index in [-0.39, 0.29) is 18.0 Å². The number of hydrogen-bond donors (Lipinski definition) is 3. The molecule has 1 fully saturated rings. The number of nitrogens with zero attached hydrogens (tertiary/aromatic N) is 2. The van der Waals surface area contributed by atoms with E-state index in [4.69, 9.17) is 4.74 Å². The summed E-state index contributed by atoms with van der Waals surface area (Å²) in [6.07, 6.45) is 0. The fourth-order valence-electron chi connectivity index (χ4n) is 2.89. The summed E-state index contributed by atoms with van der Waals surface area (Å²) in [6, 6.07) is 8.54. The maximum absolute atomic E-state index is 11.9. The van der Waals surface area contributed by atoms with Gasteiger partial charge in [-0.05, 0) is 31.9 Å². The van der Waals surface area contributed by atoms with Gasteiger partial charge < -0.3 is 20.7 Å². The minimum atomic E-state index is -0.239. The minimum absolute atomic E-state index is 0.0574. The number of aliphatic imine (C=N–C) groups is 1. The van der Waals surface area contributed by atoms with Crippen LogP contribution in [-0.4, -0.2) is 62.2 Å². The van der Waals surface area contributed by atoms with E-state index in [0.717, 1.165) is 32.8 Å². The van der Waals surface area contributed by atoms with Gasteiger partial charge in [-0.25, -0.2) is 0 Å². The first-order valence-corrected chi connectivity index (χ1v) is 9.49. The Morgan fingerprint density at radius 1 is 1.19 bits per heavy atom. The van der Waals surface area contributed by atoms with Crippen molar-refractivity contribution in [3.8, 4) is 0 Å². The molecule has 0 bridgehead atoms. The maximum atomic E-state index is 11.9. The molecule has 7 nitrogen and oxygen atoms in total. The SMILES string of the molecule is CN=C(NCC(=O)NC(C)(C)C)NCc1cccc(CN2CCOCC2)c1. The fraction of sp³-hybridized carbons (Fsp3) is 0.600. The van der Waals surface area contributed by atoms with Crippen LogP contribution in [0, 0.1) is 0 Å². The predicted molar refractivity (Wildman–Crippen MR) is 109 cm³/mol. The first-order valence-electron chi connectivity index (χ1n) is 9.49. The standard InChI is InChI=1S/C20H33N5O2/c1-20(2,3)24-18(26)14-23-19(21-4)22-13-16-6-5-7-17(12-16)15-25-8-10-27-11-9-25/h5-7,12H,8-11,13-15H2,1-4H3,(H,24,26)(H2,21,22,23). The second kappa shape index (κ2) is 10.3. The van der Waals surface area contributed by atoms with E-state index in [2.05, 4.69) is 50.1 Å². The Kier molecular flexibility index (Phi) is 8.06. The second-order valence-corrected chi connectivity index (χ2v) is 7.79. The molecule has 0 atom stereocenters. The lowest BCUT2D eigenvalue weighted by Crippen LogP contribution is -2.48. The zero-order valence-electron chi connectivity index (χ0n) is 17.0. The molecule has 27 heavy (non-hydrogen) atoms. The number of nitrogens with one attached hydrogen (secondary N) is 3. The van der Waals surface area contributed by atoms with Gasteiger partial charge in [-0.15, -0.1) is 0 Å². The third-order valence-corrected chi connectivity index (χ3v) is 4.12. The van der Waals surface area contributed by atoms with Crippen molar-refractivity contribution >= 4 is 11.9 Å². The summed E-state index contributed by atoms with van der Waals surface area (Å²) in [6.45, 7) is 11.2. The summed E-state index contributed by atoms with van der Waals surface area (Å²) < 4.78 is 5.40. The van der Waals surface area contributed by atoms with Crippen molar-refractivity contribution in [3.05, 3.63) is 35.4 Å². The van der Waals surface area contributed by atoms with Crippen LogP contribution < -0.4 is 16.0 Å². The zero-order valence-corrected chi connectivity index (χ0v) is 17.0. The average Bonchev–Trinajstić information content (AvgIpc) is 2.61. The topological polar surface area (TPSA) is 78.0 Å². The van der Waals surface area contributed by atoms with E-state index >= 15 is 0 Å². The number of guanidine groups is 1. The smallest absolute Gasteiger partial charge is 0.239 e. The summed E-state index contributed by atoms with van der Waals surface area (Å²) in [5.41, 5.74) is 2.24. The van der Waals surface area contributed by atoms with E-state index < -0.39 is 0 Å². The Labute approximate surface area is 162 Å². The lowest BCUT2D eigenvalue weighted by atomic mass is 10.1. The molecule has 1 aromatic rings. The van der Waals surface area contributed by atoms with Gasteiger partial charge in [-0.3, -0.25) is 14.7 Å². The normalized spacial score (nSPS) is 16.1. The van der Waals surface area contributed by atoms with E-state index in [0.29, 0.717) is 12.5 Å². The van der Waals surface area contributed by atoms with Crippen LogP contribution in [0.25, 0.3) is 0 Å². The molecule has 2 rings (SSSR count). The molecule has 0 spiro atoms. The summed E-state index contributed by atoms with van der Waals surface area (Å²) in [5.74, 6) is 0.551. The molecule has 0 radical (unpaired) electrons. The Hall–Kier alpha value is -2.12. The minimum Gasteiger partial charge on any atom is -0.379 e. The van der Waals surface area contributed by atoms with Gasteiger partial charge in [0.2, 0.25) is 5.91 Å². The molecule has 150 valence electrons. The van der Waals surface area contributed by atoms with Crippen LogP contribution in [0.3, 0.4) is 0 Å². The van der Waals surface area contributed by atoms with Crippen LogP contribution in [0.5, 0.6) is 0 Å². The van der Waals surface area contributed by atoms with E-state index in [9.17, 15) is 4.79 Å². The highest BCUT2D eigenvalue weighted by Gasteiger charge is 2.14. The number of ether oxygens (including phenoxy) is 1. The first kappa shape index (κ1) is 21.2. The highest BCUT2D eigenvalue weighted by Crippen LogP contribution is 2.10. The van der Waals surface area contributed by atoms with Gasteiger partial charge in [-0.2, -0.15) is 0 Å². The highest BCUT2D eigenvalue weighted by molar-refractivity contribution is 5.86. The average molecular weight is 376 g/mol. The summed E-state index contributed by atoms with van der Waals surface area (Å²) in [7, 11) is 1.70. The molecule has 0 saturated carbocycles. The fourth-order valence-corrected chi connectivity index (χ4v) is 2.89. The molecule has 1 aliphatic heterocycles. The summed E-state index contributed by atoms with van der Waals surface area (Å²) >= 11 is 0. The van der Waals surface area contributed by atoms with Crippen LogP contribution in [-0.2, 0) is 22.6 Å². The Balaban J connectivity index is 1.80. The van der Waals surface area contributed by atoms with Crippen LogP contribution in [0.15, 0.2) is 29.3 Å². The Morgan fingerprint density at radius 3 is 2.56 bits per heavy atom. The quantitative estimate of drug-likeness (QED) is 0.513. The third kappa shape index (κ3) is 8.41. The van der Waals surface area contributed by atoms with Gasteiger partial charge in [0.25, 0.3) is 0 Å². The molecule has 1 heterocycles. The van der Waals surface area contributed by atoms with E-state index in [1.165, 1.54) is 11.1 Å². The van der Waals surface area contributed by atoms with Crippen LogP contribution in [0.1, 0.15) is 31.9 Å². The van der Waals surface area contributed by atoms with Gasteiger partial charge in [0.15, 0.2) is 5.96 Å². The van der Waals surface area contributed by atoms with Crippen molar-refractivity contribution in [1.29, 1.82) is 0 Å². The molecule has 1 saturated heterocycles. The van der Waals surface area contributed by atoms with Crippen LogP contribution >= 0.6 is 0 Å². The van der Waals surface area contributed by atoms with Crippen molar-refractivity contribution < 1.29 is 9.53 Å². The molecular formula is C20H33N5O2. The molecule has 7 heteroatoms. The molecule has 0 unspecified atom stereocenters. The van der Waals surface area contributed by atoms with Crippen molar-refractivity contribution in [2.45, 2.75) is 39.4 Å². The van der Waals surface area contributed by atoms with Gasteiger partial charge in [-0.1, -0.05) is 24.3 Å². The lowest BCUT2D eigenvalue weighted by Gasteiger charge is -2.26. The van der Waals surface area contributed by atoms with Gasteiger partial charge >= 0.3 is 0 Å². The maximum Gasteiger partial charge on any atom is 0.239 e. The Morgan fingerprint density at radius 2 is 1.89 bits per heavy atom. The predicted octanol–water partition coefficient (Wildman–Crippen LogP) is 1.10. The molecule has 0 aromatic heterocycles. The van der Waals surface area contributed by atoms with Crippen molar-refractivity contribution in [2.75, 3.05) is 39.9 Å². The molecule has 1 amide bonds. The highest BCUT2D eigenvalue weighted by atomic mass is 16.5. The third-order valence-electron chi connectivity index (χ3n) is 4.12. The molecule has 1 aliphatic rings. The lowest BCUT2D eigenvalue weighted by molar-refractivity contribution is -0.121. The van der Waals surface area contributed by atoms with Crippen molar-refractivity contribution in [3.63, 3.8) is 0 Å². The number of amides is 1. The monoisotopic (exact) mass is 375 g/mol. The summed E-state index contributed by atoms with van der Waals surface area (Å²) in [5, 5.41) is 9.23. The first-order chi connectivity index (χ1) is 12.9. The molecule has 1 aromatic carbocycles. The second-order valence-electron chi connectivity index (χ2n) is 7.79. The number of carbonyl (C=O) groups excluding carboxylic acids is 1. The van der Waals surface area contributed by atoms with Gasteiger partial charge in [0.1, 0.15) is 0 Å². The molecule has 0 aliphatic carbocycles. The number of morpholine rings is 1. The van der Waals surface area contributed by atoms with Crippen molar-refractivity contribution in [2.24, 2.45) is 4.99 Å². The zero-order chi connectivity index (χ0) is 19.7. The van der Waals surface area contributed by atoms with E-state index in [1.54, 1.807) is 7.05 Å². The van der Waals surface area contributed by atoms with Gasteiger partial charge in [0.05, 0.1) is 19.8 Å². The number of rotatable bonds is 6. The van der Waals surface area contributed by atoms with Gasteiger partial charge in [0, 0.05) is 38.8 Å². The van der Waals surface area contributed by atoms with E-state index in [1.807, 2.05) is 20.8 Å². The van der Waals surface area contributed by atoms with Crippen molar-refractivity contribution in [1.82, 2.24) is 20.9 Å². The Bertz CT molecular complexity index is 634. The van der Waals surface area contributed by atoms with Crippen LogP contribution in [0.2, 0.25) is 0 Å². The number of carbonyl (C=O) groups is 1. The molecule has 3 N–H and O–H groups in total. The molecular weight excluding hydrogens is 342 g/mol. The largest absolute Gasteiger partial charge is 0.379 e. The number of benzene rings is 1. The van der Waals surface area contributed by atoms with Crippen LogP contribution in [0.4, 0.5) is 0 Å². The summed E-state index contributed by atoms with van der Waals surface area (Å²) in [4.78, 5) is 18.5.